The number of hydrogen-bond donors (Lipinski definition) is 2. The number of nitrogens with one attached hydrogen (secondary N) is 1. The lowest BCUT2D eigenvalue weighted by atomic mass is 9.82. The summed E-state index contributed by atoms with van der Waals surface area (Å²) in [5, 5.41) is 11.5. The lowest BCUT2D eigenvalue weighted by molar-refractivity contribution is -0.122. The van der Waals surface area contributed by atoms with Gasteiger partial charge in [-0.3, -0.25) is 4.79 Å². The maximum Gasteiger partial charge on any atom is 0.220 e. The van der Waals surface area contributed by atoms with Crippen LogP contribution >= 0.6 is 0 Å². The summed E-state index contributed by atoms with van der Waals surface area (Å²) in [7, 11) is 0. The van der Waals surface area contributed by atoms with Crippen LogP contribution in [0, 0.1) is 5.41 Å². The van der Waals surface area contributed by atoms with Crippen LogP contribution in [0.3, 0.4) is 0 Å². The SMILES string of the molecule is CC1(CNC(=O)CCCO)CCOCC1. The smallest absolute Gasteiger partial charge is 0.220 e. The van der Waals surface area contributed by atoms with E-state index in [4.69, 9.17) is 9.84 Å². The van der Waals surface area contributed by atoms with E-state index < -0.39 is 0 Å². The van der Waals surface area contributed by atoms with Gasteiger partial charge in [0.2, 0.25) is 5.91 Å². The third-order valence-corrected chi connectivity index (χ3v) is 2.97. The number of hydrogen-bond acceptors (Lipinski definition) is 3. The van der Waals surface area contributed by atoms with Crippen LogP contribution in [0.5, 0.6) is 0 Å². The summed E-state index contributed by atoms with van der Waals surface area (Å²) >= 11 is 0. The predicted molar refractivity (Wildman–Crippen MR) is 57.5 cm³/mol. The third kappa shape index (κ3) is 4.62. The topological polar surface area (TPSA) is 58.6 Å². The van der Waals surface area contributed by atoms with Crippen molar-refractivity contribution < 1.29 is 14.6 Å². The van der Waals surface area contributed by atoms with Gasteiger partial charge < -0.3 is 15.2 Å². The fourth-order valence-electron chi connectivity index (χ4n) is 1.68. The van der Waals surface area contributed by atoms with Crippen molar-refractivity contribution in [2.24, 2.45) is 5.41 Å². The van der Waals surface area contributed by atoms with Gasteiger partial charge in [-0.2, -0.15) is 0 Å². The van der Waals surface area contributed by atoms with E-state index >= 15 is 0 Å². The van der Waals surface area contributed by atoms with Crippen molar-refractivity contribution in [1.29, 1.82) is 0 Å². The van der Waals surface area contributed by atoms with Crippen molar-refractivity contribution >= 4 is 5.91 Å². The van der Waals surface area contributed by atoms with E-state index in [0.29, 0.717) is 12.8 Å². The Morgan fingerprint density at radius 3 is 2.73 bits per heavy atom. The highest BCUT2D eigenvalue weighted by molar-refractivity contribution is 5.75. The first-order chi connectivity index (χ1) is 7.16. The molecule has 0 atom stereocenters. The van der Waals surface area contributed by atoms with E-state index in [9.17, 15) is 4.79 Å². The van der Waals surface area contributed by atoms with E-state index in [1.54, 1.807) is 0 Å². The monoisotopic (exact) mass is 215 g/mol. The minimum atomic E-state index is 0.0387. The highest BCUT2D eigenvalue weighted by Gasteiger charge is 2.27. The molecule has 1 aliphatic rings. The number of rotatable bonds is 5. The molecule has 1 fully saturated rings. The van der Waals surface area contributed by atoms with Gasteiger partial charge in [-0.05, 0) is 24.7 Å². The molecule has 4 nitrogen and oxygen atoms in total. The van der Waals surface area contributed by atoms with Crippen LogP contribution in [0.2, 0.25) is 0 Å². The Bertz CT molecular complexity index is 200. The van der Waals surface area contributed by atoms with Crippen molar-refractivity contribution in [3.8, 4) is 0 Å². The Morgan fingerprint density at radius 2 is 2.13 bits per heavy atom. The average Bonchev–Trinajstić information content (AvgIpc) is 2.25. The van der Waals surface area contributed by atoms with Crippen LogP contribution in [-0.4, -0.2) is 37.4 Å². The van der Waals surface area contributed by atoms with Gasteiger partial charge in [0.1, 0.15) is 0 Å². The second-order valence-electron chi connectivity index (χ2n) is 4.53. The lowest BCUT2D eigenvalue weighted by Crippen LogP contribution is -2.39. The first-order valence-electron chi connectivity index (χ1n) is 5.62. The van der Waals surface area contributed by atoms with Crippen LogP contribution < -0.4 is 5.32 Å². The molecule has 1 aliphatic heterocycles. The van der Waals surface area contributed by atoms with Crippen molar-refractivity contribution in [2.45, 2.75) is 32.6 Å². The molecule has 0 aromatic heterocycles. The molecule has 0 spiro atoms. The normalized spacial score (nSPS) is 19.9. The molecular weight excluding hydrogens is 194 g/mol. The first kappa shape index (κ1) is 12.5. The molecule has 0 bridgehead atoms. The minimum Gasteiger partial charge on any atom is -0.396 e. The van der Waals surface area contributed by atoms with Crippen LogP contribution in [0.4, 0.5) is 0 Å². The largest absolute Gasteiger partial charge is 0.396 e. The van der Waals surface area contributed by atoms with Crippen LogP contribution in [0.15, 0.2) is 0 Å². The van der Waals surface area contributed by atoms with E-state index in [1.165, 1.54) is 0 Å². The Labute approximate surface area is 91.0 Å². The highest BCUT2D eigenvalue weighted by atomic mass is 16.5. The lowest BCUT2D eigenvalue weighted by Gasteiger charge is -2.33. The number of amides is 1. The predicted octanol–water partition coefficient (Wildman–Crippen LogP) is 0.692. The molecular formula is C11H21NO3. The summed E-state index contributed by atoms with van der Waals surface area (Å²) in [5.74, 6) is 0.0387. The van der Waals surface area contributed by atoms with E-state index in [1.807, 2.05) is 0 Å². The molecule has 88 valence electrons. The highest BCUT2D eigenvalue weighted by Crippen LogP contribution is 2.28. The fourth-order valence-corrected chi connectivity index (χ4v) is 1.68. The second-order valence-corrected chi connectivity index (χ2v) is 4.53. The fraction of sp³-hybridized carbons (Fsp3) is 0.909. The average molecular weight is 215 g/mol. The van der Waals surface area contributed by atoms with Crippen molar-refractivity contribution in [1.82, 2.24) is 5.32 Å². The van der Waals surface area contributed by atoms with Crippen LogP contribution in [0.1, 0.15) is 32.6 Å². The van der Waals surface area contributed by atoms with E-state index in [2.05, 4.69) is 12.2 Å². The van der Waals surface area contributed by atoms with Crippen LogP contribution in [0.25, 0.3) is 0 Å². The molecule has 0 aromatic carbocycles. The maximum atomic E-state index is 11.3. The molecule has 1 rings (SSSR count). The molecule has 0 aromatic rings. The number of carbonyl (C=O) groups excluding carboxylic acids is 1. The van der Waals surface area contributed by atoms with Crippen LogP contribution in [-0.2, 0) is 9.53 Å². The van der Waals surface area contributed by atoms with Gasteiger partial charge in [-0.25, -0.2) is 0 Å². The zero-order valence-electron chi connectivity index (χ0n) is 9.42. The summed E-state index contributed by atoms with van der Waals surface area (Å²) in [5.41, 5.74) is 0.188. The van der Waals surface area contributed by atoms with Crippen molar-refractivity contribution in [2.75, 3.05) is 26.4 Å². The third-order valence-electron chi connectivity index (χ3n) is 2.97. The molecule has 2 N–H and O–H groups in total. The molecule has 0 saturated carbocycles. The summed E-state index contributed by atoms with van der Waals surface area (Å²) in [6.07, 6.45) is 2.98. The zero-order chi connectivity index (χ0) is 11.1. The number of carbonyl (C=O) groups is 1. The van der Waals surface area contributed by atoms with Gasteiger partial charge in [0.15, 0.2) is 0 Å². The number of ether oxygens (including phenoxy) is 1. The first-order valence-corrected chi connectivity index (χ1v) is 5.62. The van der Waals surface area contributed by atoms with Gasteiger partial charge in [0, 0.05) is 32.8 Å². The molecule has 1 heterocycles. The van der Waals surface area contributed by atoms with E-state index in [-0.39, 0.29) is 17.9 Å². The molecule has 15 heavy (non-hydrogen) atoms. The van der Waals surface area contributed by atoms with E-state index in [0.717, 1.165) is 32.6 Å². The van der Waals surface area contributed by atoms with Gasteiger partial charge in [0.05, 0.1) is 0 Å². The van der Waals surface area contributed by atoms with Crippen molar-refractivity contribution in [3.63, 3.8) is 0 Å². The number of aliphatic hydroxyl groups is 1. The molecule has 1 amide bonds. The summed E-state index contributed by atoms with van der Waals surface area (Å²) in [4.78, 5) is 11.3. The standard InChI is InChI=1S/C11H21NO3/c1-11(4-7-15-8-5-11)9-12-10(14)3-2-6-13/h13H,2-9H2,1H3,(H,12,14). The summed E-state index contributed by atoms with van der Waals surface area (Å²) in [6.45, 7) is 4.58. The summed E-state index contributed by atoms with van der Waals surface area (Å²) in [6, 6.07) is 0. The molecule has 0 aliphatic carbocycles. The summed E-state index contributed by atoms with van der Waals surface area (Å²) < 4.78 is 5.29. The Hall–Kier alpha value is -0.610. The quantitative estimate of drug-likeness (QED) is 0.709. The maximum absolute atomic E-state index is 11.3. The van der Waals surface area contributed by atoms with Gasteiger partial charge in [0.25, 0.3) is 0 Å². The minimum absolute atomic E-state index is 0.0387. The zero-order valence-corrected chi connectivity index (χ0v) is 9.42. The second kappa shape index (κ2) is 6.08. The van der Waals surface area contributed by atoms with Crippen molar-refractivity contribution in [3.05, 3.63) is 0 Å². The molecule has 4 heteroatoms. The molecule has 1 saturated heterocycles. The number of aliphatic hydroxyl groups excluding tert-OH is 1. The van der Waals surface area contributed by atoms with Gasteiger partial charge in [-0.15, -0.1) is 0 Å². The molecule has 0 radical (unpaired) electrons. The Morgan fingerprint density at radius 1 is 1.47 bits per heavy atom. The van der Waals surface area contributed by atoms with Gasteiger partial charge >= 0.3 is 0 Å². The Balaban J connectivity index is 2.19. The van der Waals surface area contributed by atoms with Gasteiger partial charge in [-0.1, -0.05) is 6.92 Å². The Kier molecular flexibility index (Phi) is 5.05. The molecule has 0 unspecified atom stereocenters.